The number of hydrogen-bond acceptors (Lipinski definition) is 7. The first kappa shape index (κ1) is 21.4. The van der Waals surface area contributed by atoms with Gasteiger partial charge < -0.3 is 14.4 Å². The normalized spacial score (nSPS) is 25.8. The molecule has 0 radical (unpaired) electrons. The zero-order valence-electron chi connectivity index (χ0n) is 17.6. The molecule has 2 aliphatic heterocycles. The second-order valence-corrected chi connectivity index (χ2v) is 7.89. The molecule has 168 valence electrons. The maximum Gasteiger partial charge on any atom is 0.414 e. The second kappa shape index (κ2) is 8.70. The number of carbonyl (C=O) groups is 3. The van der Waals surface area contributed by atoms with Crippen molar-refractivity contribution in [3.8, 4) is 0 Å². The van der Waals surface area contributed by atoms with E-state index < -0.39 is 23.7 Å². The summed E-state index contributed by atoms with van der Waals surface area (Å²) in [4.78, 5) is 45.0. The summed E-state index contributed by atoms with van der Waals surface area (Å²) in [6.07, 6.45) is 0.504. The lowest BCUT2D eigenvalue weighted by atomic mass is 10.2. The number of esters is 1. The summed E-state index contributed by atoms with van der Waals surface area (Å²) in [6, 6.07) is 4.65. The van der Waals surface area contributed by atoms with Crippen molar-refractivity contribution in [1.29, 1.82) is 0 Å². The van der Waals surface area contributed by atoms with Gasteiger partial charge in [-0.15, -0.1) is 0 Å². The first-order valence-electron chi connectivity index (χ1n) is 10.5. The summed E-state index contributed by atoms with van der Waals surface area (Å²) in [6.45, 7) is 3.56. The molecule has 9 nitrogen and oxygen atoms in total. The molecule has 1 aromatic carbocycles. The summed E-state index contributed by atoms with van der Waals surface area (Å²) in [5.74, 6) is -1.91. The van der Waals surface area contributed by atoms with E-state index in [0.717, 1.165) is 0 Å². The molecule has 2 amide bonds. The zero-order valence-corrected chi connectivity index (χ0v) is 17.6. The van der Waals surface area contributed by atoms with E-state index in [0.29, 0.717) is 43.9 Å². The van der Waals surface area contributed by atoms with Gasteiger partial charge in [0.05, 0.1) is 50.0 Å². The lowest BCUT2D eigenvalue weighted by Crippen LogP contribution is -2.36. The minimum atomic E-state index is -0.471. The maximum atomic E-state index is 14.9. The van der Waals surface area contributed by atoms with Gasteiger partial charge in [0.1, 0.15) is 11.9 Å². The molecule has 0 spiro atoms. The molecule has 0 bridgehead atoms. The largest absolute Gasteiger partial charge is 0.469 e. The third-order valence-corrected chi connectivity index (χ3v) is 5.95. The van der Waals surface area contributed by atoms with Crippen molar-refractivity contribution in [3.05, 3.63) is 24.0 Å². The Morgan fingerprint density at radius 2 is 2.03 bits per heavy atom. The number of amides is 2. The molecular formula is C21H26FN3O6. The minimum Gasteiger partial charge on any atom is -0.469 e. The van der Waals surface area contributed by atoms with Crippen LogP contribution in [0.25, 0.3) is 0 Å². The van der Waals surface area contributed by atoms with Crippen molar-refractivity contribution in [3.63, 3.8) is 0 Å². The first-order valence-corrected chi connectivity index (χ1v) is 10.5. The second-order valence-electron chi connectivity index (χ2n) is 7.89. The highest BCUT2D eigenvalue weighted by molar-refractivity contribution is 5.90. The molecule has 2 saturated heterocycles. The summed E-state index contributed by atoms with van der Waals surface area (Å²) < 4.78 is 24.8. The number of methoxy groups -OCH3 is 1. The molecule has 3 aliphatic rings. The van der Waals surface area contributed by atoms with Crippen molar-refractivity contribution < 1.29 is 33.1 Å². The van der Waals surface area contributed by atoms with Crippen molar-refractivity contribution in [1.82, 2.24) is 5.06 Å². The van der Waals surface area contributed by atoms with E-state index in [-0.39, 0.29) is 31.1 Å². The number of cyclic esters (lactones) is 1. The van der Waals surface area contributed by atoms with Crippen LogP contribution < -0.4 is 9.80 Å². The summed E-state index contributed by atoms with van der Waals surface area (Å²) in [5, 5.41) is 1.27. The van der Waals surface area contributed by atoms with Crippen LogP contribution in [0.3, 0.4) is 0 Å². The van der Waals surface area contributed by atoms with Crippen LogP contribution in [-0.2, 0) is 23.9 Å². The number of carbonyl (C=O) groups excluding carboxylic acids is 3. The fraction of sp³-hybridized carbons (Fsp3) is 0.571. The van der Waals surface area contributed by atoms with E-state index in [1.54, 1.807) is 17.0 Å². The number of hydroxylamine groups is 2. The van der Waals surface area contributed by atoms with Gasteiger partial charge in [-0.05, 0) is 31.0 Å². The number of benzene rings is 1. The summed E-state index contributed by atoms with van der Waals surface area (Å²) >= 11 is 0. The van der Waals surface area contributed by atoms with E-state index in [1.807, 2.05) is 6.92 Å². The number of hydrogen-bond donors (Lipinski definition) is 0. The molecule has 1 aliphatic carbocycles. The molecule has 0 N–H and O–H groups in total. The third kappa shape index (κ3) is 4.30. The predicted molar refractivity (Wildman–Crippen MR) is 108 cm³/mol. The van der Waals surface area contributed by atoms with Gasteiger partial charge in [-0.25, -0.2) is 14.2 Å². The number of rotatable bonds is 5. The SMILES string of the molecule is CC[C@H]1CN(c2ccc(N3CCON(C(=O)C4CC4C(=O)OC)CC3)c(F)c2)C(=O)O1. The Labute approximate surface area is 179 Å². The summed E-state index contributed by atoms with van der Waals surface area (Å²) in [7, 11) is 1.30. The highest BCUT2D eigenvalue weighted by Crippen LogP contribution is 2.41. The van der Waals surface area contributed by atoms with Gasteiger partial charge in [0.25, 0.3) is 0 Å². The Morgan fingerprint density at radius 1 is 1.23 bits per heavy atom. The van der Waals surface area contributed by atoms with Crippen LogP contribution in [0, 0.1) is 17.7 Å². The van der Waals surface area contributed by atoms with Gasteiger partial charge in [0.15, 0.2) is 0 Å². The Hall–Kier alpha value is -2.88. The lowest BCUT2D eigenvalue weighted by molar-refractivity contribution is -0.184. The Bertz CT molecular complexity index is 881. The Morgan fingerprint density at radius 3 is 2.71 bits per heavy atom. The van der Waals surface area contributed by atoms with E-state index >= 15 is 0 Å². The number of ether oxygens (including phenoxy) is 2. The fourth-order valence-corrected chi connectivity index (χ4v) is 3.99. The molecule has 0 aromatic heterocycles. The van der Waals surface area contributed by atoms with Crippen LogP contribution in [0.1, 0.15) is 19.8 Å². The molecule has 1 saturated carbocycles. The molecule has 1 aromatic rings. The molecule has 3 fully saturated rings. The predicted octanol–water partition coefficient (Wildman–Crippen LogP) is 1.95. The highest BCUT2D eigenvalue weighted by atomic mass is 19.1. The van der Waals surface area contributed by atoms with Gasteiger partial charge in [-0.2, -0.15) is 0 Å². The van der Waals surface area contributed by atoms with E-state index in [9.17, 15) is 18.8 Å². The smallest absolute Gasteiger partial charge is 0.414 e. The third-order valence-electron chi connectivity index (χ3n) is 5.95. The van der Waals surface area contributed by atoms with Crippen LogP contribution >= 0.6 is 0 Å². The average molecular weight is 435 g/mol. The van der Waals surface area contributed by atoms with Crippen LogP contribution in [0.5, 0.6) is 0 Å². The van der Waals surface area contributed by atoms with Crippen molar-refractivity contribution in [2.75, 3.05) is 49.7 Å². The van der Waals surface area contributed by atoms with E-state index in [1.165, 1.54) is 23.1 Å². The van der Waals surface area contributed by atoms with Crippen molar-refractivity contribution in [2.45, 2.75) is 25.9 Å². The minimum absolute atomic E-state index is 0.188. The van der Waals surface area contributed by atoms with E-state index in [2.05, 4.69) is 4.74 Å². The van der Waals surface area contributed by atoms with Crippen LogP contribution in [0.2, 0.25) is 0 Å². The highest BCUT2D eigenvalue weighted by Gasteiger charge is 2.51. The van der Waals surface area contributed by atoms with Gasteiger partial charge in [0, 0.05) is 13.1 Å². The zero-order chi connectivity index (χ0) is 22.1. The van der Waals surface area contributed by atoms with Crippen molar-refractivity contribution >= 4 is 29.3 Å². The summed E-state index contributed by atoms with van der Waals surface area (Å²) in [5.41, 5.74) is 0.827. The Kier molecular flexibility index (Phi) is 5.99. The fourth-order valence-electron chi connectivity index (χ4n) is 3.99. The molecule has 31 heavy (non-hydrogen) atoms. The van der Waals surface area contributed by atoms with Gasteiger partial charge >= 0.3 is 12.1 Å². The number of anilines is 2. The molecule has 10 heteroatoms. The standard InChI is InChI=1S/C21H26FN3O6/c1-3-14-12-24(21(28)31-14)13-4-5-18(17(22)10-13)23-6-7-25(30-9-8-23)19(26)15-11-16(15)20(27)29-2/h4-5,10,14-16H,3,6-9,11-12H2,1-2H3/t14-,15?,16?/m0/s1. The van der Waals surface area contributed by atoms with Crippen molar-refractivity contribution in [2.24, 2.45) is 11.8 Å². The quantitative estimate of drug-likeness (QED) is 0.653. The van der Waals surface area contributed by atoms with E-state index in [4.69, 9.17) is 9.57 Å². The molecule has 4 rings (SSSR count). The average Bonchev–Trinajstić information content (AvgIpc) is 3.53. The van der Waals surface area contributed by atoms with Crippen LogP contribution in [0.15, 0.2) is 18.2 Å². The van der Waals surface area contributed by atoms with Gasteiger partial charge in [-0.3, -0.25) is 19.3 Å². The maximum absolute atomic E-state index is 14.9. The Balaban J connectivity index is 1.39. The topological polar surface area (TPSA) is 88.6 Å². The molecule has 2 heterocycles. The monoisotopic (exact) mass is 435 g/mol. The lowest BCUT2D eigenvalue weighted by Gasteiger charge is -2.24. The van der Waals surface area contributed by atoms with Gasteiger partial charge in [-0.1, -0.05) is 6.92 Å². The molecule has 3 atom stereocenters. The van der Waals surface area contributed by atoms with Crippen LogP contribution in [0.4, 0.5) is 20.6 Å². The van der Waals surface area contributed by atoms with Crippen LogP contribution in [-0.4, -0.2) is 69.0 Å². The molecule has 2 unspecified atom stereocenters. The molecular weight excluding hydrogens is 409 g/mol. The number of nitrogens with zero attached hydrogens (tertiary/aromatic N) is 3. The van der Waals surface area contributed by atoms with Gasteiger partial charge in [0.2, 0.25) is 5.91 Å². The first-order chi connectivity index (χ1) is 14.9. The number of halogens is 1.